The molecule has 4 rings (SSSR count). The van der Waals surface area contributed by atoms with Crippen LogP contribution in [-0.2, 0) is 0 Å². The number of carbonyl (C=O) groups excluding carboxylic acids is 1. The average molecular weight is 412 g/mol. The molecular formula is C21H19ClFN5O. The van der Waals surface area contributed by atoms with E-state index in [1.54, 1.807) is 41.3 Å². The average Bonchev–Trinajstić information content (AvgIpc) is 2.75. The van der Waals surface area contributed by atoms with Gasteiger partial charge in [0.1, 0.15) is 5.82 Å². The van der Waals surface area contributed by atoms with Gasteiger partial charge in [0.2, 0.25) is 0 Å². The third-order valence-electron chi connectivity index (χ3n) is 4.76. The number of anilines is 2. The summed E-state index contributed by atoms with van der Waals surface area (Å²) < 4.78 is 13.1. The number of nitrogens with zero attached hydrogens (tertiary/aromatic N) is 4. The van der Waals surface area contributed by atoms with Crippen LogP contribution in [0.1, 0.15) is 0 Å². The molecule has 0 atom stereocenters. The SMILES string of the molecule is O=C(Nc1cccc(Cl)c1)N1CCN(c2ccc(-c3ccc(F)cc3)nn2)CC1. The number of rotatable bonds is 3. The molecule has 1 saturated heterocycles. The van der Waals surface area contributed by atoms with E-state index in [1.807, 2.05) is 12.1 Å². The Morgan fingerprint density at radius 3 is 2.38 bits per heavy atom. The summed E-state index contributed by atoms with van der Waals surface area (Å²) in [7, 11) is 0. The molecule has 29 heavy (non-hydrogen) atoms. The number of amides is 2. The molecule has 0 unspecified atom stereocenters. The van der Waals surface area contributed by atoms with E-state index < -0.39 is 0 Å². The van der Waals surface area contributed by atoms with Crippen LogP contribution in [0.25, 0.3) is 11.3 Å². The molecule has 0 saturated carbocycles. The van der Waals surface area contributed by atoms with Crippen molar-refractivity contribution in [2.24, 2.45) is 0 Å². The first-order valence-electron chi connectivity index (χ1n) is 9.24. The molecule has 1 fully saturated rings. The third-order valence-corrected chi connectivity index (χ3v) is 4.99. The maximum absolute atomic E-state index is 13.1. The summed E-state index contributed by atoms with van der Waals surface area (Å²) in [6, 6.07) is 16.9. The molecular weight excluding hydrogens is 393 g/mol. The minimum Gasteiger partial charge on any atom is -0.352 e. The summed E-state index contributed by atoms with van der Waals surface area (Å²) in [6.07, 6.45) is 0. The van der Waals surface area contributed by atoms with Crippen LogP contribution in [0.2, 0.25) is 5.02 Å². The summed E-state index contributed by atoms with van der Waals surface area (Å²) in [4.78, 5) is 16.3. The van der Waals surface area contributed by atoms with E-state index in [4.69, 9.17) is 11.6 Å². The van der Waals surface area contributed by atoms with Crippen LogP contribution in [0.3, 0.4) is 0 Å². The fourth-order valence-electron chi connectivity index (χ4n) is 3.18. The molecule has 1 aliphatic heterocycles. The van der Waals surface area contributed by atoms with Gasteiger partial charge < -0.3 is 15.1 Å². The molecule has 0 radical (unpaired) electrons. The minimum absolute atomic E-state index is 0.148. The molecule has 0 spiro atoms. The largest absolute Gasteiger partial charge is 0.352 e. The Bertz CT molecular complexity index is 989. The molecule has 6 nitrogen and oxygen atoms in total. The lowest BCUT2D eigenvalue weighted by atomic mass is 10.1. The van der Waals surface area contributed by atoms with Crippen LogP contribution in [-0.4, -0.2) is 47.3 Å². The first-order valence-corrected chi connectivity index (χ1v) is 9.62. The van der Waals surface area contributed by atoms with Crippen molar-refractivity contribution in [3.05, 3.63) is 71.5 Å². The monoisotopic (exact) mass is 411 g/mol. The Labute approximate surface area is 172 Å². The topological polar surface area (TPSA) is 61.4 Å². The number of nitrogens with one attached hydrogen (secondary N) is 1. The normalized spacial score (nSPS) is 14.0. The van der Waals surface area contributed by atoms with Crippen LogP contribution in [0, 0.1) is 5.82 Å². The van der Waals surface area contributed by atoms with Gasteiger partial charge in [-0.15, -0.1) is 10.2 Å². The predicted octanol–water partition coefficient (Wildman–Crippen LogP) is 4.29. The third kappa shape index (κ3) is 4.63. The second-order valence-electron chi connectivity index (χ2n) is 6.70. The summed E-state index contributed by atoms with van der Waals surface area (Å²) in [6.45, 7) is 2.47. The van der Waals surface area contributed by atoms with Crippen LogP contribution in [0.5, 0.6) is 0 Å². The maximum Gasteiger partial charge on any atom is 0.321 e. The second-order valence-corrected chi connectivity index (χ2v) is 7.13. The molecule has 1 N–H and O–H groups in total. The van der Waals surface area contributed by atoms with Crippen molar-refractivity contribution in [2.45, 2.75) is 0 Å². The van der Waals surface area contributed by atoms with Gasteiger partial charge in [0.25, 0.3) is 0 Å². The number of hydrogen-bond donors (Lipinski definition) is 1. The number of halogens is 2. The van der Waals surface area contributed by atoms with E-state index in [0.29, 0.717) is 42.6 Å². The highest BCUT2D eigenvalue weighted by Crippen LogP contribution is 2.20. The standard InChI is InChI=1S/C21H19ClFN5O/c22-16-2-1-3-18(14-16)24-21(29)28-12-10-27(11-13-28)20-9-8-19(25-26-20)15-4-6-17(23)7-5-15/h1-9,14H,10-13H2,(H,24,29). The van der Waals surface area contributed by atoms with Crippen LogP contribution < -0.4 is 10.2 Å². The number of aromatic nitrogens is 2. The minimum atomic E-state index is -0.282. The number of benzene rings is 2. The zero-order valence-electron chi connectivity index (χ0n) is 15.6. The zero-order chi connectivity index (χ0) is 20.2. The fraction of sp³-hybridized carbons (Fsp3) is 0.190. The van der Waals surface area contributed by atoms with Crippen molar-refractivity contribution in [1.29, 1.82) is 0 Å². The molecule has 3 aromatic rings. The molecule has 0 aliphatic carbocycles. The Kier molecular flexibility index (Phi) is 5.57. The van der Waals surface area contributed by atoms with Crippen molar-refractivity contribution >= 4 is 29.1 Å². The maximum atomic E-state index is 13.1. The lowest BCUT2D eigenvalue weighted by Gasteiger charge is -2.35. The van der Waals surface area contributed by atoms with E-state index in [2.05, 4.69) is 20.4 Å². The highest BCUT2D eigenvalue weighted by molar-refractivity contribution is 6.30. The molecule has 2 heterocycles. The second kappa shape index (κ2) is 8.45. The van der Waals surface area contributed by atoms with Crippen molar-refractivity contribution in [2.75, 3.05) is 36.4 Å². The van der Waals surface area contributed by atoms with Crippen LogP contribution in [0.15, 0.2) is 60.7 Å². The lowest BCUT2D eigenvalue weighted by Crippen LogP contribution is -2.50. The Balaban J connectivity index is 1.34. The predicted molar refractivity (Wildman–Crippen MR) is 112 cm³/mol. The van der Waals surface area contributed by atoms with Gasteiger partial charge in [-0.3, -0.25) is 0 Å². The van der Waals surface area contributed by atoms with Gasteiger partial charge in [-0.1, -0.05) is 17.7 Å². The lowest BCUT2D eigenvalue weighted by molar-refractivity contribution is 0.208. The van der Waals surface area contributed by atoms with Crippen LogP contribution in [0.4, 0.5) is 20.7 Å². The van der Waals surface area contributed by atoms with Gasteiger partial charge in [-0.25, -0.2) is 9.18 Å². The van der Waals surface area contributed by atoms with Gasteiger partial charge in [-0.05, 0) is 54.6 Å². The Morgan fingerprint density at radius 1 is 0.966 bits per heavy atom. The summed E-state index contributed by atoms with van der Waals surface area (Å²) in [5, 5.41) is 12.0. The van der Waals surface area contributed by atoms with Gasteiger partial charge in [0, 0.05) is 42.5 Å². The van der Waals surface area contributed by atoms with Crippen LogP contribution >= 0.6 is 11.6 Å². The van der Waals surface area contributed by atoms with E-state index in [0.717, 1.165) is 11.4 Å². The van der Waals surface area contributed by atoms with Gasteiger partial charge in [-0.2, -0.15) is 0 Å². The quantitative estimate of drug-likeness (QED) is 0.698. The molecule has 8 heteroatoms. The zero-order valence-corrected chi connectivity index (χ0v) is 16.3. The Morgan fingerprint density at radius 2 is 1.72 bits per heavy atom. The number of hydrogen-bond acceptors (Lipinski definition) is 4. The summed E-state index contributed by atoms with van der Waals surface area (Å²) >= 11 is 5.96. The summed E-state index contributed by atoms with van der Waals surface area (Å²) in [5.41, 5.74) is 2.17. The van der Waals surface area contributed by atoms with Gasteiger partial charge in [0.05, 0.1) is 5.69 Å². The smallest absolute Gasteiger partial charge is 0.321 e. The van der Waals surface area contributed by atoms with Crippen molar-refractivity contribution in [1.82, 2.24) is 15.1 Å². The van der Waals surface area contributed by atoms with Crippen molar-refractivity contribution in [3.8, 4) is 11.3 Å². The number of carbonyl (C=O) groups is 1. The molecule has 148 valence electrons. The fourth-order valence-corrected chi connectivity index (χ4v) is 3.37. The number of piperazine rings is 1. The Hall–Kier alpha value is -3.19. The molecule has 2 aromatic carbocycles. The first-order chi connectivity index (χ1) is 14.1. The molecule has 0 bridgehead atoms. The van der Waals surface area contributed by atoms with Gasteiger partial charge in [0.15, 0.2) is 5.82 Å². The van der Waals surface area contributed by atoms with Gasteiger partial charge >= 0.3 is 6.03 Å². The van der Waals surface area contributed by atoms with E-state index in [-0.39, 0.29) is 11.8 Å². The highest BCUT2D eigenvalue weighted by atomic mass is 35.5. The molecule has 1 aromatic heterocycles. The van der Waals surface area contributed by atoms with E-state index >= 15 is 0 Å². The molecule has 2 amide bonds. The first kappa shape index (κ1) is 19.1. The van der Waals surface area contributed by atoms with E-state index in [9.17, 15) is 9.18 Å². The highest BCUT2D eigenvalue weighted by Gasteiger charge is 2.22. The number of urea groups is 1. The molecule has 1 aliphatic rings. The van der Waals surface area contributed by atoms with Crippen molar-refractivity contribution < 1.29 is 9.18 Å². The van der Waals surface area contributed by atoms with Crippen molar-refractivity contribution in [3.63, 3.8) is 0 Å². The van der Waals surface area contributed by atoms with E-state index in [1.165, 1.54) is 12.1 Å². The summed E-state index contributed by atoms with van der Waals surface area (Å²) in [5.74, 6) is 0.473.